The van der Waals surface area contributed by atoms with Crippen molar-refractivity contribution in [2.45, 2.75) is 117 Å². The van der Waals surface area contributed by atoms with E-state index in [0.29, 0.717) is 24.0 Å². The van der Waals surface area contributed by atoms with Crippen molar-refractivity contribution in [2.24, 2.45) is 63.9 Å². The van der Waals surface area contributed by atoms with Crippen molar-refractivity contribution in [1.29, 1.82) is 0 Å². The minimum atomic E-state index is -0.105. The molecule has 0 aromatic heterocycles. The summed E-state index contributed by atoms with van der Waals surface area (Å²) < 4.78 is 5.85. The number of hydrogen-bond acceptors (Lipinski definition) is 4. The van der Waals surface area contributed by atoms with E-state index < -0.39 is 0 Å². The maximum atomic E-state index is 11.9. The summed E-state index contributed by atoms with van der Waals surface area (Å²) in [6.07, 6.45) is 14.4. The van der Waals surface area contributed by atoms with E-state index in [4.69, 9.17) is 10.5 Å². The Kier molecular flexibility index (Phi) is 7.62. The number of fused-ring (bicyclic) bond motifs is 5. The average molecular weight is 501 g/mol. The molecule has 0 spiro atoms. The third-order valence-corrected chi connectivity index (χ3v) is 13.1. The Labute approximate surface area is 221 Å². The Hall–Kier alpha value is -0.610. The summed E-state index contributed by atoms with van der Waals surface area (Å²) in [5, 5.41) is 0. The van der Waals surface area contributed by atoms with E-state index in [9.17, 15) is 4.79 Å². The van der Waals surface area contributed by atoms with Gasteiger partial charge in [0.25, 0.3) is 0 Å². The van der Waals surface area contributed by atoms with Crippen LogP contribution in [-0.4, -0.2) is 43.2 Å². The largest absolute Gasteiger partial charge is 0.465 e. The lowest BCUT2D eigenvalue weighted by Crippen LogP contribution is -2.58. The molecule has 0 amide bonds. The first-order chi connectivity index (χ1) is 17.1. The standard InChI is InChI=1S/C32H56N2O2/c1-20(2)25-13-16-34(6)30(25)17-21(3)27-9-10-28-26-8-7-23-18-24(33)11-15-32(23,19-36-22(4)35)29(26)12-14-31(27,28)5/h20-21,23-30H,7-19,33H2,1-6H3/t21-,23+,24-,25+,26+,27-,28+,29+,30+,31-,32-/m1/s1. The van der Waals surface area contributed by atoms with Crippen LogP contribution in [0.5, 0.6) is 0 Å². The molecule has 4 nitrogen and oxygen atoms in total. The van der Waals surface area contributed by atoms with Gasteiger partial charge in [-0.2, -0.15) is 0 Å². The summed E-state index contributed by atoms with van der Waals surface area (Å²) in [6, 6.07) is 1.11. The first-order valence-electron chi connectivity index (χ1n) is 15.7. The Balaban J connectivity index is 1.34. The van der Waals surface area contributed by atoms with Crippen LogP contribution in [0.2, 0.25) is 0 Å². The molecule has 0 bridgehead atoms. The van der Waals surface area contributed by atoms with Gasteiger partial charge in [0.05, 0.1) is 6.61 Å². The summed E-state index contributed by atoms with van der Waals surface area (Å²) >= 11 is 0. The number of carbonyl (C=O) groups is 1. The molecule has 36 heavy (non-hydrogen) atoms. The summed E-state index contributed by atoms with van der Waals surface area (Å²) in [6.45, 7) is 13.7. The number of hydrogen-bond donors (Lipinski definition) is 1. The molecule has 0 aromatic carbocycles. The van der Waals surface area contributed by atoms with Crippen LogP contribution in [0.15, 0.2) is 0 Å². The molecule has 4 aliphatic carbocycles. The lowest BCUT2D eigenvalue weighted by molar-refractivity contribution is -0.169. The van der Waals surface area contributed by atoms with Crippen LogP contribution in [0, 0.1) is 58.2 Å². The first kappa shape index (κ1) is 27.0. The SMILES string of the molecule is CC(=O)OC[C@]12CC[C@@H](N)C[C@@H]1CC[C@H]1[C@@H]3CC[C@H]([C@H](C)C[C@H]4[C@H](C(C)C)CCN4C)[C@@]3(C)CC[C@@H]12. The molecular formula is C32H56N2O2. The highest BCUT2D eigenvalue weighted by molar-refractivity contribution is 5.65. The lowest BCUT2D eigenvalue weighted by Gasteiger charge is -2.62. The van der Waals surface area contributed by atoms with Crippen molar-refractivity contribution in [2.75, 3.05) is 20.2 Å². The highest BCUT2D eigenvalue weighted by Gasteiger charge is 2.62. The zero-order valence-corrected chi connectivity index (χ0v) is 24.3. The van der Waals surface area contributed by atoms with Crippen LogP contribution in [0.1, 0.15) is 105 Å². The second-order valence-corrected chi connectivity index (χ2v) is 14.9. The number of nitrogens with zero attached hydrogens (tertiary/aromatic N) is 1. The number of esters is 1. The van der Waals surface area contributed by atoms with Crippen LogP contribution in [0.3, 0.4) is 0 Å². The zero-order chi connectivity index (χ0) is 25.8. The third kappa shape index (κ3) is 4.48. The van der Waals surface area contributed by atoms with Crippen LogP contribution >= 0.6 is 0 Å². The predicted molar refractivity (Wildman–Crippen MR) is 147 cm³/mol. The average Bonchev–Trinajstić information content (AvgIpc) is 3.37. The van der Waals surface area contributed by atoms with Crippen molar-refractivity contribution < 1.29 is 9.53 Å². The Morgan fingerprint density at radius 1 is 1.03 bits per heavy atom. The summed E-state index contributed by atoms with van der Waals surface area (Å²) in [5.41, 5.74) is 7.16. The fourth-order valence-electron chi connectivity index (χ4n) is 11.3. The quantitative estimate of drug-likeness (QED) is 0.422. The van der Waals surface area contributed by atoms with Crippen molar-refractivity contribution >= 4 is 5.97 Å². The number of likely N-dealkylation sites (tertiary alicyclic amines) is 1. The van der Waals surface area contributed by atoms with Gasteiger partial charge in [0.1, 0.15) is 0 Å². The maximum absolute atomic E-state index is 11.9. The molecule has 1 heterocycles. The van der Waals surface area contributed by atoms with Gasteiger partial charge in [0, 0.05) is 24.4 Å². The summed E-state index contributed by atoms with van der Waals surface area (Å²) in [7, 11) is 2.38. The molecule has 5 fully saturated rings. The molecule has 4 heteroatoms. The molecule has 206 valence electrons. The number of rotatable bonds is 6. The van der Waals surface area contributed by atoms with Gasteiger partial charge in [-0.3, -0.25) is 4.79 Å². The highest BCUT2D eigenvalue weighted by Crippen LogP contribution is 2.68. The second kappa shape index (κ2) is 10.2. The molecule has 5 rings (SSSR count). The minimum Gasteiger partial charge on any atom is -0.465 e. The highest BCUT2D eigenvalue weighted by atomic mass is 16.5. The maximum Gasteiger partial charge on any atom is 0.302 e. The molecule has 1 saturated heterocycles. The van der Waals surface area contributed by atoms with Crippen molar-refractivity contribution in [3.63, 3.8) is 0 Å². The molecular weight excluding hydrogens is 444 g/mol. The van der Waals surface area contributed by atoms with Gasteiger partial charge in [-0.15, -0.1) is 0 Å². The summed E-state index contributed by atoms with van der Waals surface area (Å²) in [4.78, 5) is 14.6. The Morgan fingerprint density at radius 2 is 1.81 bits per heavy atom. The molecule has 1 aliphatic heterocycles. The van der Waals surface area contributed by atoms with Gasteiger partial charge in [-0.05, 0) is 137 Å². The van der Waals surface area contributed by atoms with Gasteiger partial charge in [-0.1, -0.05) is 27.7 Å². The monoisotopic (exact) mass is 500 g/mol. The fraction of sp³-hybridized carbons (Fsp3) is 0.969. The normalized spacial score (nSPS) is 47.8. The Morgan fingerprint density at radius 3 is 2.53 bits per heavy atom. The van der Waals surface area contributed by atoms with E-state index in [1.165, 1.54) is 64.3 Å². The van der Waals surface area contributed by atoms with Crippen LogP contribution < -0.4 is 5.73 Å². The van der Waals surface area contributed by atoms with E-state index in [1.807, 2.05) is 0 Å². The van der Waals surface area contributed by atoms with Crippen LogP contribution in [-0.2, 0) is 9.53 Å². The molecule has 4 saturated carbocycles. The van der Waals surface area contributed by atoms with Crippen molar-refractivity contribution in [3.8, 4) is 0 Å². The third-order valence-electron chi connectivity index (χ3n) is 13.1. The van der Waals surface area contributed by atoms with Crippen molar-refractivity contribution in [1.82, 2.24) is 4.90 Å². The molecule has 2 N–H and O–H groups in total. The second-order valence-electron chi connectivity index (χ2n) is 14.9. The Bertz CT molecular complexity index is 799. The molecule has 0 unspecified atom stereocenters. The smallest absolute Gasteiger partial charge is 0.302 e. The molecule has 0 radical (unpaired) electrons. The molecule has 0 aromatic rings. The molecule has 5 aliphatic rings. The van der Waals surface area contributed by atoms with Crippen molar-refractivity contribution in [3.05, 3.63) is 0 Å². The van der Waals surface area contributed by atoms with E-state index in [0.717, 1.165) is 60.3 Å². The number of ether oxygens (including phenoxy) is 1. The summed E-state index contributed by atoms with van der Waals surface area (Å²) in [5.74, 6) is 6.28. The van der Waals surface area contributed by atoms with Gasteiger partial charge < -0.3 is 15.4 Å². The van der Waals surface area contributed by atoms with Crippen LogP contribution in [0.4, 0.5) is 0 Å². The first-order valence-corrected chi connectivity index (χ1v) is 15.7. The van der Waals surface area contributed by atoms with E-state index in [1.54, 1.807) is 6.92 Å². The van der Waals surface area contributed by atoms with Crippen LogP contribution in [0.25, 0.3) is 0 Å². The number of carbonyl (C=O) groups excluding carboxylic acids is 1. The number of nitrogens with two attached hydrogens (primary N) is 1. The van der Waals surface area contributed by atoms with Gasteiger partial charge in [0.15, 0.2) is 0 Å². The minimum absolute atomic E-state index is 0.105. The van der Waals surface area contributed by atoms with Gasteiger partial charge >= 0.3 is 5.97 Å². The zero-order valence-electron chi connectivity index (χ0n) is 24.3. The molecule has 11 atom stereocenters. The fourth-order valence-corrected chi connectivity index (χ4v) is 11.3. The van der Waals surface area contributed by atoms with Gasteiger partial charge in [0.2, 0.25) is 0 Å². The topological polar surface area (TPSA) is 55.6 Å². The van der Waals surface area contributed by atoms with E-state index in [2.05, 4.69) is 39.6 Å². The predicted octanol–water partition coefficient (Wildman–Crippen LogP) is 6.52. The van der Waals surface area contributed by atoms with E-state index in [-0.39, 0.29) is 11.4 Å². The van der Waals surface area contributed by atoms with Gasteiger partial charge in [-0.25, -0.2) is 0 Å². The lowest BCUT2D eigenvalue weighted by atomic mass is 9.44. The van der Waals surface area contributed by atoms with E-state index >= 15 is 0 Å².